The molecule has 0 radical (unpaired) electrons. The van der Waals surface area contributed by atoms with Crippen LogP contribution >= 0.6 is 17.2 Å². The van der Waals surface area contributed by atoms with Crippen molar-refractivity contribution < 1.29 is 33.4 Å². The molecular formula is C53H80O7P2. The zero-order chi connectivity index (χ0) is 45.8. The highest BCUT2D eigenvalue weighted by molar-refractivity contribution is 7.55. The van der Waals surface area contributed by atoms with E-state index in [0.717, 1.165) is 59.1 Å². The van der Waals surface area contributed by atoms with Crippen molar-refractivity contribution in [2.24, 2.45) is 0 Å². The molecule has 9 heteroatoms. The Morgan fingerprint density at radius 3 is 1.18 bits per heavy atom. The largest absolute Gasteiger partial charge is 0.508 e. The van der Waals surface area contributed by atoms with Crippen molar-refractivity contribution >= 4 is 17.2 Å². The predicted molar refractivity (Wildman–Crippen MR) is 263 cm³/mol. The Morgan fingerprint density at radius 1 is 0.468 bits per heavy atom. The zero-order valence-electron chi connectivity index (χ0n) is 39.8. The maximum absolute atomic E-state index is 10.3. The van der Waals surface area contributed by atoms with Crippen LogP contribution in [0.1, 0.15) is 193 Å². The van der Waals surface area contributed by atoms with Gasteiger partial charge in [-0.3, -0.25) is 0 Å². The first-order valence-corrected chi connectivity index (χ1v) is 25.5. The van der Waals surface area contributed by atoms with Gasteiger partial charge in [-0.05, 0) is 94.2 Å². The molecule has 0 atom stereocenters. The van der Waals surface area contributed by atoms with Gasteiger partial charge in [0, 0.05) is 5.41 Å². The molecule has 4 aromatic carbocycles. The number of aromatic hydroxyl groups is 2. The van der Waals surface area contributed by atoms with Gasteiger partial charge in [-0.25, -0.2) is 4.31 Å². The van der Waals surface area contributed by atoms with Gasteiger partial charge in [0.1, 0.15) is 23.0 Å². The average Bonchev–Trinajstić information content (AvgIpc) is 3.20. The molecule has 0 aliphatic heterocycles. The van der Waals surface area contributed by atoms with Gasteiger partial charge in [0.25, 0.3) is 0 Å². The van der Waals surface area contributed by atoms with E-state index in [9.17, 15) is 20.0 Å². The quantitative estimate of drug-likeness (QED) is 0.0410. The fraction of sp³-hybridized carbons (Fsp3) is 0.547. The minimum absolute atomic E-state index is 0.123. The molecule has 0 fully saturated rings. The van der Waals surface area contributed by atoms with E-state index < -0.39 is 17.2 Å². The van der Waals surface area contributed by atoms with E-state index in [4.69, 9.17) is 13.4 Å². The van der Waals surface area contributed by atoms with Crippen molar-refractivity contribution in [3.8, 4) is 23.0 Å². The van der Waals surface area contributed by atoms with Crippen molar-refractivity contribution in [1.82, 2.24) is 0 Å². The number of aryl methyl sites for hydroxylation is 2. The molecule has 344 valence electrons. The lowest BCUT2D eigenvalue weighted by molar-refractivity contribution is 0.331. The molecule has 4 rings (SSSR count). The van der Waals surface area contributed by atoms with E-state index in [1.807, 2.05) is 48.5 Å². The Kier molecular flexibility index (Phi) is 22.8. The van der Waals surface area contributed by atoms with E-state index >= 15 is 0 Å². The zero-order valence-corrected chi connectivity index (χ0v) is 41.6. The Bertz CT molecular complexity index is 1750. The van der Waals surface area contributed by atoms with Crippen LogP contribution in [0.4, 0.5) is 0 Å². The highest BCUT2D eigenvalue weighted by Gasteiger charge is 2.29. The summed E-state index contributed by atoms with van der Waals surface area (Å²) in [6.45, 7) is 21.5. The first kappa shape index (κ1) is 53.2. The summed E-state index contributed by atoms with van der Waals surface area (Å²) in [5.41, 5.74) is 5.91. The van der Waals surface area contributed by atoms with E-state index in [1.54, 1.807) is 12.1 Å². The highest BCUT2D eigenvalue weighted by atomic mass is 31.2. The van der Waals surface area contributed by atoms with Crippen LogP contribution in [0.3, 0.4) is 0 Å². The molecule has 0 bridgehead atoms. The van der Waals surface area contributed by atoms with Gasteiger partial charge in [-0.1, -0.05) is 207 Å². The SMILES string of the molecule is CC(C)(C)c1cc(C(C)(C)c2ccc(O)c(C(C)(C)C)c2)ccc1O.CCCCCCCCCc1ccccc1OP(Oc1ccccc1CCCCCCCCC)OP(O)O. The van der Waals surface area contributed by atoms with E-state index in [1.165, 1.54) is 77.0 Å². The maximum atomic E-state index is 10.3. The van der Waals surface area contributed by atoms with Gasteiger partial charge in [-0.15, -0.1) is 0 Å². The third-order valence-corrected chi connectivity index (χ3v) is 13.4. The van der Waals surface area contributed by atoms with Crippen LogP contribution in [0.15, 0.2) is 84.9 Å². The molecule has 4 aromatic rings. The second-order valence-corrected chi connectivity index (χ2v) is 21.3. The summed E-state index contributed by atoms with van der Waals surface area (Å²) < 4.78 is 17.6. The Labute approximate surface area is 378 Å². The predicted octanol–water partition coefficient (Wildman–Crippen LogP) is 16.2. The molecule has 0 aliphatic rings. The first-order chi connectivity index (χ1) is 29.4. The summed E-state index contributed by atoms with van der Waals surface area (Å²) in [6, 6.07) is 27.6. The van der Waals surface area contributed by atoms with Crippen molar-refractivity contribution in [2.75, 3.05) is 0 Å². The molecule has 0 aromatic heterocycles. The summed E-state index contributed by atoms with van der Waals surface area (Å²) >= 11 is 0. The van der Waals surface area contributed by atoms with Gasteiger partial charge < -0.3 is 29.0 Å². The number of hydrogen-bond acceptors (Lipinski definition) is 7. The molecular weight excluding hydrogens is 811 g/mol. The molecule has 7 nitrogen and oxygen atoms in total. The molecule has 0 amide bonds. The van der Waals surface area contributed by atoms with E-state index in [2.05, 4.69) is 93.5 Å². The molecule has 0 aliphatic carbocycles. The van der Waals surface area contributed by atoms with Crippen LogP contribution in [0.5, 0.6) is 23.0 Å². The molecule has 0 saturated heterocycles. The minimum Gasteiger partial charge on any atom is -0.508 e. The van der Waals surface area contributed by atoms with Gasteiger partial charge in [-0.2, -0.15) is 0 Å². The lowest BCUT2D eigenvalue weighted by atomic mass is 9.73. The number of unbranched alkanes of at least 4 members (excludes halogenated alkanes) is 12. The Morgan fingerprint density at radius 2 is 0.823 bits per heavy atom. The molecule has 0 unspecified atom stereocenters. The van der Waals surface area contributed by atoms with Crippen molar-refractivity contribution in [3.05, 3.63) is 118 Å². The van der Waals surface area contributed by atoms with Crippen LogP contribution in [-0.2, 0) is 33.4 Å². The number of rotatable bonds is 24. The fourth-order valence-electron chi connectivity index (χ4n) is 7.63. The van der Waals surface area contributed by atoms with Crippen molar-refractivity contribution in [3.63, 3.8) is 0 Å². The summed E-state index contributed by atoms with van der Waals surface area (Å²) in [5.74, 6) is 2.04. The maximum Gasteiger partial charge on any atom is 0.470 e. The minimum atomic E-state index is -2.62. The Hall–Kier alpha value is -3.18. The number of phenols is 2. The van der Waals surface area contributed by atoms with Gasteiger partial charge in [0.05, 0.1) is 0 Å². The third kappa shape index (κ3) is 18.1. The van der Waals surface area contributed by atoms with Crippen LogP contribution in [0.2, 0.25) is 0 Å². The smallest absolute Gasteiger partial charge is 0.470 e. The number of para-hydroxylation sites is 2. The van der Waals surface area contributed by atoms with Gasteiger partial charge >= 0.3 is 17.2 Å². The lowest BCUT2D eigenvalue weighted by Gasteiger charge is -2.31. The van der Waals surface area contributed by atoms with Crippen LogP contribution in [0.25, 0.3) is 0 Å². The first-order valence-electron chi connectivity index (χ1n) is 23.2. The summed E-state index contributed by atoms with van der Waals surface area (Å²) in [7, 11) is -4.63. The van der Waals surface area contributed by atoms with E-state index in [-0.39, 0.29) is 16.2 Å². The fourth-order valence-corrected chi connectivity index (χ4v) is 9.09. The standard InChI is InChI=1S/C30H48O5P2.C23H32O2/c1-3-5-7-9-11-13-15-21-27-23-17-19-25-29(27)33-37(35-36(31)32)34-30-26-20-18-24-28(30)22-16-14-12-10-8-6-4-2;1-21(2,3)17-13-15(9-11-19(17)24)23(7,8)16-10-12-20(25)18(14-16)22(4,5)6/h17-20,23-26,31-32H,3-16,21-22H2,1-2H3;9-14,24-25H,1-8H3. The van der Waals surface area contributed by atoms with Gasteiger partial charge in [0.15, 0.2) is 0 Å². The van der Waals surface area contributed by atoms with Crippen LogP contribution < -0.4 is 9.05 Å². The molecule has 0 spiro atoms. The Balaban J connectivity index is 0.000000356. The van der Waals surface area contributed by atoms with E-state index in [0.29, 0.717) is 23.0 Å². The third-order valence-electron chi connectivity index (χ3n) is 11.6. The summed E-state index contributed by atoms with van der Waals surface area (Å²) in [6.07, 6.45) is 19.4. The van der Waals surface area contributed by atoms with Crippen molar-refractivity contribution in [2.45, 2.75) is 188 Å². The number of phenolic OH excluding ortho intramolecular Hbond substituents is 2. The molecule has 0 saturated carbocycles. The van der Waals surface area contributed by atoms with Crippen molar-refractivity contribution in [1.29, 1.82) is 0 Å². The molecule has 62 heavy (non-hydrogen) atoms. The second kappa shape index (κ2) is 26.6. The molecule has 4 N–H and O–H groups in total. The summed E-state index contributed by atoms with van der Waals surface area (Å²) in [4.78, 5) is 19.2. The monoisotopic (exact) mass is 891 g/mol. The lowest BCUT2D eigenvalue weighted by Crippen LogP contribution is -2.22. The van der Waals surface area contributed by atoms with Crippen LogP contribution in [-0.4, -0.2) is 20.0 Å². The molecule has 0 heterocycles. The second-order valence-electron chi connectivity index (χ2n) is 19.3. The number of benzene rings is 4. The topological polar surface area (TPSA) is 109 Å². The summed E-state index contributed by atoms with van der Waals surface area (Å²) in [5, 5.41) is 20.5. The average molecular weight is 891 g/mol. The number of hydrogen-bond donors (Lipinski definition) is 4. The normalized spacial score (nSPS) is 12.1. The van der Waals surface area contributed by atoms with Gasteiger partial charge in [0.2, 0.25) is 0 Å². The highest BCUT2D eigenvalue weighted by Crippen LogP contribution is 2.51. The van der Waals surface area contributed by atoms with Crippen LogP contribution in [0, 0.1) is 0 Å².